The van der Waals surface area contributed by atoms with Crippen molar-refractivity contribution in [2.45, 2.75) is 57.4 Å². The first-order valence-electron chi connectivity index (χ1n) is 9.19. The molecule has 1 saturated carbocycles. The first kappa shape index (κ1) is 22.6. The van der Waals surface area contributed by atoms with E-state index in [1.165, 1.54) is 24.8 Å². The first-order chi connectivity index (χ1) is 11.9. The molecule has 3 N–H and O–H groups in total. The molecule has 0 radical (unpaired) electrons. The van der Waals surface area contributed by atoms with Gasteiger partial charge in [-0.15, -0.1) is 12.4 Å². The van der Waals surface area contributed by atoms with E-state index in [0.29, 0.717) is 6.54 Å². The summed E-state index contributed by atoms with van der Waals surface area (Å²) >= 11 is 0. The van der Waals surface area contributed by atoms with Crippen LogP contribution in [0.5, 0.6) is 11.5 Å². The molecule has 1 fully saturated rings. The molecule has 148 valence electrons. The molecule has 6 heteroatoms. The number of benzene rings is 1. The van der Waals surface area contributed by atoms with Crippen molar-refractivity contribution in [1.82, 2.24) is 5.32 Å². The summed E-state index contributed by atoms with van der Waals surface area (Å²) in [6.07, 6.45) is 5.69. The lowest BCUT2D eigenvalue weighted by Crippen LogP contribution is -2.49. The molecular formula is C20H33ClN2O3. The summed E-state index contributed by atoms with van der Waals surface area (Å²) in [7, 11) is 3.29. The maximum absolute atomic E-state index is 12.3. The van der Waals surface area contributed by atoms with E-state index in [4.69, 9.17) is 15.2 Å². The number of hydrogen-bond donors (Lipinski definition) is 2. The number of halogens is 1. The molecule has 1 atom stereocenters. The minimum absolute atomic E-state index is 0. The van der Waals surface area contributed by atoms with Crippen LogP contribution in [-0.2, 0) is 10.2 Å². The van der Waals surface area contributed by atoms with Crippen LogP contribution in [0.25, 0.3) is 0 Å². The lowest BCUT2D eigenvalue weighted by Gasteiger charge is -2.38. The van der Waals surface area contributed by atoms with Crippen LogP contribution in [-0.4, -0.2) is 32.7 Å². The molecule has 1 aliphatic rings. The van der Waals surface area contributed by atoms with E-state index in [9.17, 15) is 4.79 Å². The minimum atomic E-state index is -0.467. The maximum Gasteiger partial charge on any atom is 0.237 e. The van der Waals surface area contributed by atoms with Gasteiger partial charge >= 0.3 is 0 Å². The summed E-state index contributed by atoms with van der Waals surface area (Å²) in [5, 5.41) is 3.10. The van der Waals surface area contributed by atoms with Crippen molar-refractivity contribution in [2.75, 3.05) is 20.8 Å². The molecule has 0 bridgehead atoms. The van der Waals surface area contributed by atoms with Crippen LogP contribution in [0.1, 0.15) is 51.5 Å². The average molecular weight is 385 g/mol. The molecule has 2 rings (SSSR count). The number of methoxy groups -OCH3 is 2. The van der Waals surface area contributed by atoms with Crippen molar-refractivity contribution in [2.24, 2.45) is 11.7 Å². The first-order valence-corrected chi connectivity index (χ1v) is 9.19. The van der Waals surface area contributed by atoms with Crippen molar-refractivity contribution in [3.05, 3.63) is 23.8 Å². The molecular weight excluding hydrogens is 352 g/mol. The van der Waals surface area contributed by atoms with Gasteiger partial charge < -0.3 is 20.5 Å². The number of amides is 1. The van der Waals surface area contributed by atoms with Crippen LogP contribution in [0.2, 0.25) is 0 Å². The summed E-state index contributed by atoms with van der Waals surface area (Å²) in [6.45, 7) is 4.55. The molecule has 0 unspecified atom stereocenters. The summed E-state index contributed by atoms with van der Waals surface area (Å²) < 4.78 is 10.8. The Morgan fingerprint density at radius 1 is 1.15 bits per heavy atom. The van der Waals surface area contributed by atoms with Gasteiger partial charge in [-0.2, -0.15) is 0 Å². The zero-order valence-corrected chi connectivity index (χ0v) is 17.2. The number of carbonyl (C=O) groups excluding carboxylic acids is 1. The molecule has 0 spiro atoms. The van der Waals surface area contributed by atoms with Gasteiger partial charge in [-0.25, -0.2) is 0 Å². The Kier molecular flexibility index (Phi) is 8.71. The zero-order valence-electron chi connectivity index (χ0n) is 16.3. The summed E-state index contributed by atoms with van der Waals surface area (Å²) in [5.74, 6) is 1.52. The standard InChI is InChI=1S/C20H32N2O3.ClH/c1-14(2)18(21)19(23)22-13-20(10-6-5-7-11-20)15-8-9-16(24-3)17(12-15)25-4;/h8-9,12,14,18H,5-7,10-11,13,21H2,1-4H3,(H,22,23);1H/t18-;/m0./s1. The predicted octanol–water partition coefficient (Wildman–Crippen LogP) is 3.43. The van der Waals surface area contributed by atoms with Gasteiger partial charge in [0.25, 0.3) is 0 Å². The molecule has 0 saturated heterocycles. The van der Waals surface area contributed by atoms with Crippen molar-refractivity contribution in [1.29, 1.82) is 0 Å². The van der Waals surface area contributed by atoms with Crippen LogP contribution in [0, 0.1) is 5.92 Å². The Balaban J connectivity index is 0.00000338. The molecule has 1 aromatic rings. The van der Waals surface area contributed by atoms with E-state index in [1.807, 2.05) is 19.9 Å². The fourth-order valence-corrected chi connectivity index (χ4v) is 3.64. The fourth-order valence-electron chi connectivity index (χ4n) is 3.64. The Hall–Kier alpha value is -1.46. The second kappa shape index (κ2) is 10.0. The van der Waals surface area contributed by atoms with Crippen molar-refractivity contribution in [3.63, 3.8) is 0 Å². The van der Waals surface area contributed by atoms with Gasteiger partial charge in [0.1, 0.15) is 0 Å². The fraction of sp³-hybridized carbons (Fsp3) is 0.650. The Morgan fingerprint density at radius 2 is 1.77 bits per heavy atom. The topological polar surface area (TPSA) is 73.6 Å². The molecule has 5 nitrogen and oxygen atoms in total. The summed E-state index contributed by atoms with van der Waals surface area (Å²) in [4.78, 5) is 12.3. The number of rotatable bonds is 7. The van der Waals surface area contributed by atoms with Crippen LogP contribution >= 0.6 is 12.4 Å². The Labute approximate surface area is 163 Å². The van der Waals surface area contributed by atoms with Crippen molar-refractivity contribution >= 4 is 18.3 Å². The molecule has 0 aromatic heterocycles. The average Bonchev–Trinajstić information content (AvgIpc) is 2.65. The molecule has 1 aromatic carbocycles. The number of carbonyl (C=O) groups is 1. The van der Waals surface area contributed by atoms with E-state index < -0.39 is 6.04 Å². The lowest BCUT2D eigenvalue weighted by molar-refractivity contribution is -0.123. The molecule has 0 aliphatic heterocycles. The van der Waals surface area contributed by atoms with Crippen LogP contribution in [0.3, 0.4) is 0 Å². The van der Waals surface area contributed by atoms with Crippen LogP contribution < -0.4 is 20.5 Å². The highest BCUT2D eigenvalue weighted by molar-refractivity contribution is 5.85. The largest absolute Gasteiger partial charge is 0.493 e. The monoisotopic (exact) mass is 384 g/mol. The Bertz CT molecular complexity index is 586. The molecule has 26 heavy (non-hydrogen) atoms. The van der Waals surface area contributed by atoms with Crippen molar-refractivity contribution < 1.29 is 14.3 Å². The van der Waals surface area contributed by atoms with Gasteiger partial charge in [-0.1, -0.05) is 39.2 Å². The highest BCUT2D eigenvalue weighted by atomic mass is 35.5. The Morgan fingerprint density at radius 3 is 2.31 bits per heavy atom. The van der Waals surface area contributed by atoms with Gasteiger partial charge in [0.05, 0.1) is 20.3 Å². The second-order valence-corrected chi connectivity index (χ2v) is 7.40. The van der Waals surface area contributed by atoms with E-state index >= 15 is 0 Å². The van der Waals surface area contributed by atoms with Crippen LogP contribution in [0.4, 0.5) is 0 Å². The van der Waals surface area contributed by atoms with Gasteiger partial charge in [-0.3, -0.25) is 4.79 Å². The lowest BCUT2D eigenvalue weighted by atomic mass is 9.69. The van der Waals surface area contributed by atoms with E-state index in [-0.39, 0.29) is 29.6 Å². The highest BCUT2D eigenvalue weighted by Crippen LogP contribution is 2.42. The highest BCUT2D eigenvalue weighted by Gasteiger charge is 2.35. The molecule has 1 aliphatic carbocycles. The molecule has 0 heterocycles. The second-order valence-electron chi connectivity index (χ2n) is 7.40. The predicted molar refractivity (Wildman–Crippen MR) is 107 cm³/mol. The number of ether oxygens (including phenoxy) is 2. The number of nitrogens with two attached hydrogens (primary N) is 1. The third-order valence-electron chi connectivity index (χ3n) is 5.43. The number of nitrogens with one attached hydrogen (secondary N) is 1. The van der Waals surface area contributed by atoms with E-state index in [2.05, 4.69) is 17.4 Å². The van der Waals surface area contributed by atoms with Gasteiger partial charge in [0.15, 0.2) is 11.5 Å². The van der Waals surface area contributed by atoms with Crippen molar-refractivity contribution in [3.8, 4) is 11.5 Å². The zero-order chi connectivity index (χ0) is 18.4. The van der Waals surface area contributed by atoms with Crippen LogP contribution in [0.15, 0.2) is 18.2 Å². The minimum Gasteiger partial charge on any atom is -0.493 e. The third-order valence-corrected chi connectivity index (χ3v) is 5.43. The van der Waals surface area contributed by atoms with Gasteiger partial charge in [-0.05, 0) is 36.5 Å². The number of hydrogen-bond acceptors (Lipinski definition) is 4. The maximum atomic E-state index is 12.3. The normalized spacial score (nSPS) is 17.2. The smallest absolute Gasteiger partial charge is 0.237 e. The molecule has 1 amide bonds. The summed E-state index contributed by atoms with van der Waals surface area (Å²) in [5.41, 5.74) is 7.12. The SMILES string of the molecule is COc1ccc(C2(CNC(=O)[C@@H](N)C(C)C)CCCCC2)cc1OC.Cl. The van der Waals surface area contributed by atoms with Gasteiger partial charge in [0, 0.05) is 12.0 Å². The van der Waals surface area contributed by atoms with E-state index in [1.54, 1.807) is 14.2 Å². The third kappa shape index (κ3) is 5.04. The summed E-state index contributed by atoms with van der Waals surface area (Å²) in [6, 6.07) is 5.64. The van der Waals surface area contributed by atoms with Gasteiger partial charge in [0.2, 0.25) is 5.91 Å². The van der Waals surface area contributed by atoms with E-state index in [0.717, 1.165) is 24.3 Å². The quantitative estimate of drug-likeness (QED) is 0.755.